The van der Waals surface area contributed by atoms with Gasteiger partial charge in [-0.05, 0) is 42.0 Å². The van der Waals surface area contributed by atoms with Gasteiger partial charge in [0, 0.05) is 52.5 Å². The number of fused-ring (bicyclic) bond motifs is 3. The van der Waals surface area contributed by atoms with Gasteiger partial charge in [-0.25, -0.2) is 18.5 Å². The zero-order chi connectivity index (χ0) is 44.9. The van der Waals surface area contributed by atoms with Gasteiger partial charge in [0.15, 0.2) is 11.9 Å². The molecule has 0 spiro atoms. The number of aromatic carboxylic acids is 1. The Morgan fingerprint density at radius 1 is 1.02 bits per heavy atom. The number of nitrogens with one attached hydrogen (secondary N) is 3. The van der Waals surface area contributed by atoms with Crippen molar-refractivity contribution in [2.45, 2.75) is 24.9 Å². The number of anilines is 2. The van der Waals surface area contributed by atoms with Gasteiger partial charge < -0.3 is 65.7 Å². The number of ether oxygens (including phenoxy) is 1. The number of benzene rings is 3. The first-order chi connectivity index (χ1) is 29.1. The Morgan fingerprint density at radius 2 is 1.76 bits per heavy atom. The topological polar surface area (TPSA) is 395 Å². The summed E-state index contributed by atoms with van der Waals surface area (Å²) in [6.07, 6.45) is -2.96. The number of H-pyrrole nitrogens is 1. The van der Waals surface area contributed by atoms with Crippen LogP contribution in [0.4, 0.5) is 11.6 Å². The largest absolute Gasteiger partial charge is 0.490 e. The Labute approximate surface area is 346 Å². The van der Waals surface area contributed by atoms with Crippen LogP contribution in [0.1, 0.15) is 38.9 Å². The van der Waals surface area contributed by atoms with Crippen LogP contribution in [-0.4, -0.2) is 81.6 Å². The van der Waals surface area contributed by atoms with Crippen molar-refractivity contribution in [2.24, 2.45) is 0 Å². The number of aromatic nitrogens is 3. The lowest BCUT2D eigenvalue weighted by Crippen LogP contribution is -2.24. The molecule has 3 aliphatic rings. The Hall–Kier alpha value is -6.02. The lowest BCUT2D eigenvalue weighted by Gasteiger charge is -2.19. The molecule has 2 aromatic carbocycles. The SMILES string of the molecule is N=c1ccc2c(-c3ccc(C(=O)NCC#Cc4cn(C5OC(COP(=O)(O)OP(=O)(O)OP(=O)(O)O)CC5O)c5nc(N)[nH]c(=O)c45)cc3C(=O)O)c3ccc(N)cc3oc-2c1. The number of phosphoric ester groups is 1. The number of amides is 1. The molecule has 1 saturated heterocycles. The maximum Gasteiger partial charge on any atom is 0.490 e. The summed E-state index contributed by atoms with van der Waals surface area (Å²) in [7, 11) is -16.9. The van der Waals surface area contributed by atoms with Crippen LogP contribution in [0.2, 0.25) is 0 Å². The van der Waals surface area contributed by atoms with Gasteiger partial charge in [0.25, 0.3) is 11.5 Å². The predicted octanol–water partition coefficient (Wildman–Crippen LogP) is 2.36. The minimum absolute atomic E-state index is 0.0255. The van der Waals surface area contributed by atoms with E-state index in [9.17, 15) is 48.1 Å². The summed E-state index contributed by atoms with van der Waals surface area (Å²) in [4.78, 5) is 82.0. The Bertz CT molecular complexity index is 3110. The molecule has 4 aromatic rings. The van der Waals surface area contributed by atoms with Gasteiger partial charge >= 0.3 is 29.4 Å². The van der Waals surface area contributed by atoms with Crippen molar-refractivity contribution in [3.8, 4) is 34.3 Å². The standard InChI is InChI=1S/C35H32N7O17P3/c36-18-4-7-22-26(11-18)57-27-12-19(37)5-8-23(27)29(22)21-6-3-16(10-24(21)34(46)47)31(44)39-9-1-2-17-14-42(30-28(17)32(45)41-35(38)40-30)33-25(43)13-20(56-33)15-55-61(51,52)59-62(53,54)58-60(48,49)50/h3-8,10-12,14,20,25,33,36,43H,9,13,15,37H2,(H,39,44)(H,46,47)(H,51,52)(H,53,54)(H2,48,49,50)(H3,38,40,41,45). The van der Waals surface area contributed by atoms with E-state index in [0.717, 1.165) is 0 Å². The highest BCUT2D eigenvalue weighted by molar-refractivity contribution is 7.66. The highest BCUT2D eigenvalue weighted by atomic mass is 31.3. The van der Waals surface area contributed by atoms with Gasteiger partial charge in [-0.2, -0.15) is 13.6 Å². The number of phosphoric acid groups is 3. The van der Waals surface area contributed by atoms with Crippen molar-refractivity contribution in [3.05, 3.63) is 93.2 Å². The lowest BCUT2D eigenvalue weighted by molar-refractivity contribution is -0.0478. The predicted molar refractivity (Wildman–Crippen MR) is 214 cm³/mol. The van der Waals surface area contributed by atoms with E-state index in [4.69, 9.17) is 35.8 Å². The summed E-state index contributed by atoms with van der Waals surface area (Å²) in [5.41, 5.74) is 12.7. The summed E-state index contributed by atoms with van der Waals surface area (Å²) in [6.45, 7) is -1.18. The van der Waals surface area contributed by atoms with E-state index in [2.05, 4.69) is 40.3 Å². The molecular weight excluding hydrogens is 883 g/mol. The fourth-order valence-corrected chi connectivity index (χ4v) is 9.72. The molecule has 1 aliphatic carbocycles. The van der Waals surface area contributed by atoms with Crippen LogP contribution < -0.4 is 27.7 Å². The van der Waals surface area contributed by atoms with Gasteiger partial charge in [-0.15, -0.1) is 0 Å². The average Bonchev–Trinajstić information content (AvgIpc) is 3.72. The minimum atomic E-state index is -5.79. The summed E-state index contributed by atoms with van der Waals surface area (Å²) in [6, 6.07) is 13.7. The monoisotopic (exact) mass is 915 g/mol. The number of hydrogen-bond donors (Lipinski definition) is 11. The number of nitrogen functional groups attached to an aromatic ring is 2. The van der Waals surface area contributed by atoms with Gasteiger partial charge in [0.2, 0.25) is 5.95 Å². The van der Waals surface area contributed by atoms with E-state index in [0.29, 0.717) is 33.5 Å². The van der Waals surface area contributed by atoms with Crippen LogP contribution in [0.5, 0.6) is 0 Å². The molecule has 2 aromatic heterocycles. The maximum atomic E-state index is 13.3. The zero-order valence-corrected chi connectivity index (χ0v) is 33.9. The summed E-state index contributed by atoms with van der Waals surface area (Å²) in [5, 5.41) is 32.4. The van der Waals surface area contributed by atoms with Crippen LogP contribution >= 0.6 is 23.5 Å². The Kier molecular flexibility index (Phi) is 11.9. The molecule has 4 heterocycles. The molecule has 24 nitrogen and oxygen atoms in total. The molecule has 1 amide bonds. The highest BCUT2D eigenvalue weighted by Gasteiger charge is 2.43. The Balaban J connectivity index is 1.09. The number of aliphatic hydroxyl groups is 1. The molecule has 5 atom stereocenters. The molecule has 13 N–H and O–H groups in total. The Morgan fingerprint density at radius 3 is 2.48 bits per heavy atom. The number of carbonyl (C=O) groups excluding carboxylic acids is 1. The first-order valence-corrected chi connectivity index (χ1v) is 22.1. The van der Waals surface area contributed by atoms with Crippen LogP contribution in [0.3, 0.4) is 0 Å². The molecule has 7 rings (SSSR count). The molecule has 0 saturated carbocycles. The van der Waals surface area contributed by atoms with Gasteiger partial charge in [0.1, 0.15) is 17.4 Å². The molecule has 0 bridgehead atoms. The van der Waals surface area contributed by atoms with Gasteiger partial charge in [-0.1, -0.05) is 17.9 Å². The smallest absolute Gasteiger partial charge is 0.478 e. The fraction of sp³-hybridized carbons (Fsp3) is 0.171. The highest BCUT2D eigenvalue weighted by Crippen LogP contribution is 2.66. The summed E-state index contributed by atoms with van der Waals surface area (Å²) < 4.78 is 59.7. The number of carbonyl (C=O) groups is 2. The minimum Gasteiger partial charge on any atom is -0.478 e. The second-order valence-electron chi connectivity index (χ2n) is 13.4. The van der Waals surface area contributed by atoms with Crippen LogP contribution in [0.25, 0.3) is 44.5 Å². The van der Waals surface area contributed by atoms with Crippen LogP contribution in [0, 0.1) is 17.3 Å². The number of carboxylic acids is 1. The first-order valence-electron chi connectivity index (χ1n) is 17.6. The third-order valence-electron chi connectivity index (χ3n) is 9.07. The third-order valence-corrected chi connectivity index (χ3v) is 12.9. The molecular formula is C35H32N7O17P3. The van der Waals surface area contributed by atoms with Gasteiger partial charge in [-0.3, -0.25) is 19.1 Å². The fourth-order valence-electron chi connectivity index (χ4n) is 6.67. The van der Waals surface area contributed by atoms with Crippen molar-refractivity contribution in [2.75, 3.05) is 24.6 Å². The third kappa shape index (κ3) is 9.55. The number of hydrogen-bond acceptors (Lipinski definition) is 16. The lowest BCUT2D eigenvalue weighted by atomic mass is 9.89. The number of aliphatic hydroxyl groups excluding tert-OH is 1. The molecule has 1 fully saturated rings. The number of aromatic amines is 1. The first kappa shape index (κ1) is 44.0. The number of carboxylic acid groups (broad SMARTS) is 1. The average molecular weight is 916 g/mol. The molecule has 324 valence electrons. The van der Waals surface area contributed by atoms with E-state index in [-0.39, 0.29) is 57.6 Å². The van der Waals surface area contributed by atoms with Gasteiger partial charge in [0.05, 0.1) is 41.1 Å². The molecule has 0 radical (unpaired) electrons. The van der Waals surface area contributed by atoms with Crippen molar-refractivity contribution >= 4 is 69.0 Å². The quantitative estimate of drug-likeness (QED) is 0.0363. The van der Waals surface area contributed by atoms with E-state index >= 15 is 0 Å². The molecule has 62 heavy (non-hydrogen) atoms. The molecule has 5 unspecified atom stereocenters. The zero-order valence-electron chi connectivity index (χ0n) is 31.2. The number of rotatable bonds is 12. The van der Waals surface area contributed by atoms with Crippen LogP contribution in [0.15, 0.2) is 70.0 Å². The second kappa shape index (κ2) is 16.7. The van der Waals surface area contributed by atoms with E-state index in [1.54, 1.807) is 24.3 Å². The molecule has 2 aliphatic heterocycles. The maximum absolute atomic E-state index is 13.3. The van der Waals surface area contributed by atoms with E-state index < -0.39 is 65.9 Å². The summed E-state index contributed by atoms with van der Waals surface area (Å²) >= 11 is 0. The van der Waals surface area contributed by atoms with Crippen molar-refractivity contribution in [1.29, 1.82) is 5.41 Å². The van der Waals surface area contributed by atoms with Crippen molar-refractivity contribution in [1.82, 2.24) is 19.9 Å². The van der Waals surface area contributed by atoms with E-state index in [1.165, 1.54) is 41.1 Å². The van der Waals surface area contributed by atoms with Crippen molar-refractivity contribution < 1.29 is 75.4 Å². The summed E-state index contributed by atoms with van der Waals surface area (Å²) in [5.74, 6) is 3.39. The number of nitrogens with zero attached hydrogens (tertiary/aromatic N) is 2. The van der Waals surface area contributed by atoms with Crippen LogP contribution in [-0.2, 0) is 31.6 Å². The second-order valence-corrected chi connectivity index (χ2v) is 17.9. The van der Waals surface area contributed by atoms with Crippen molar-refractivity contribution in [3.63, 3.8) is 0 Å². The normalized spacial score (nSPS) is 18.6. The van der Waals surface area contributed by atoms with E-state index in [1.807, 2.05) is 0 Å². The number of nitrogens with two attached hydrogens (primary N) is 2. The molecule has 27 heteroatoms.